The molecule has 0 saturated carbocycles. The molecule has 0 aromatic heterocycles. The van der Waals surface area contributed by atoms with Crippen LogP contribution in [0.25, 0.3) is 0 Å². The van der Waals surface area contributed by atoms with Crippen molar-refractivity contribution in [1.82, 2.24) is 0 Å². The minimum Gasteiger partial charge on any atom is -0.497 e. The molecule has 1 fully saturated rings. The topological polar surface area (TPSA) is 66.8 Å². The molecule has 18 heavy (non-hydrogen) atoms. The number of hydrogen-bond acceptors (Lipinski definition) is 3. The van der Waals surface area contributed by atoms with Gasteiger partial charge in [0.05, 0.1) is 18.4 Å². The van der Waals surface area contributed by atoms with Crippen molar-refractivity contribution in [1.29, 1.82) is 0 Å². The zero-order chi connectivity index (χ0) is 13.1. The summed E-state index contributed by atoms with van der Waals surface area (Å²) in [6.45, 7) is 0.562. The number of amides is 1. The van der Waals surface area contributed by atoms with Crippen molar-refractivity contribution >= 4 is 17.6 Å². The molecular weight excluding hydrogens is 234 g/mol. The number of carbonyl (C=O) groups excluding carboxylic acids is 1. The van der Waals surface area contributed by atoms with Gasteiger partial charge in [-0.2, -0.15) is 0 Å². The van der Waals surface area contributed by atoms with E-state index in [9.17, 15) is 9.59 Å². The molecule has 1 aromatic carbocycles. The number of rotatable bonds is 3. The van der Waals surface area contributed by atoms with Crippen molar-refractivity contribution in [3.05, 3.63) is 23.8 Å². The first-order chi connectivity index (χ1) is 8.63. The number of methoxy groups -OCH3 is 1. The molecule has 96 valence electrons. The maximum Gasteiger partial charge on any atom is 0.337 e. The third kappa shape index (κ3) is 2.30. The predicted octanol–water partition coefficient (Wildman–Crippen LogP) is 1.91. The van der Waals surface area contributed by atoms with E-state index in [-0.39, 0.29) is 11.5 Å². The summed E-state index contributed by atoms with van der Waals surface area (Å²) >= 11 is 0. The van der Waals surface area contributed by atoms with E-state index in [1.54, 1.807) is 12.1 Å². The molecule has 0 aliphatic carbocycles. The molecule has 0 spiro atoms. The average Bonchev–Trinajstić information content (AvgIpc) is 2.38. The van der Waals surface area contributed by atoms with Crippen molar-refractivity contribution in [2.75, 3.05) is 18.6 Å². The number of aromatic carboxylic acids is 1. The van der Waals surface area contributed by atoms with Gasteiger partial charge in [0, 0.05) is 19.0 Å². The van der Waals surface area contributed by atoms with Crippen molar-refractivity contribution in [3.63, 3.8) is 0 Å². The number of nitrogens with zero attached hydrogens (tertiary/aromatic N) is 1. The third-order valence-corrected chi connectivity index (χ3v) is 3.05. The van der Waals surface area contributed by atoms with E-state index in [1.165, 1.54) is 18.1 Å². The Labute approximate surface area is 105 Å². The molecule has 0 radical (unpaired) electrons. The second kappa shape index (κ2) is 5.08. The molecule has 5 heteroatoms. The number of carbonyl (C=O) groups is 2. The van der Waals surface area contributed by atoms with Crippen LogP contribution in [-0.4, -0.2) is 30.6 Å². The maximum atomic E-state index is 11.9. The van der Waals surface area contributed by atoms with E-state index < -0.39 is 5.97 Å². The van der Waals surface area contributed by atoms with Gasteiger partial charge in [-0.25, -0.2) is 4.79 Å². The molecule has 0 atom stereocenters. The lowest BCUT2D eigenvalue weighted by Crippen LogP contribution is -2.36. The zero-order valence-electron chi connectivity index (χ0n) is 10.2. The first kappa shape index (κ1) is 12.4. The highest BCUT2D eigenvalue weighted by Gasteiger charge is 2.24. The highest BCUT2D eigenvalue weighted by Crippen LogP contribution is 2.29. The Balaban J connectivity index is 2.45. The number of ether oxygens (including phenoxy) is 1. The molecule has 0 unspecified atom stereocenters. The van der Waals surface area contributed by atoms with Gasteiger partial charge in [-0.3, -0.25) is 4.79 Å². The molecule has 1 aromatic rings. The summed E-state index contributed by atoms with van der Waals surface area (Å²) in [5.74, 6) is -0.517. The van der Waals surface area contributed by atoms with Crippen LogP contribution in [0.3, 0.4) is 0 Å². The number of anilines is 1. The fourth-order valence-electron chi connectivity index (χ4n) is 2.10. The van der Waals surface area contributed by atoms with E-state index in [0.717, 1.165) is 12.8 Å². The SMILES string of the molecule is COc1ccc(C(=O)O)c(N2CCCCC2=O)c1. The van der Waals surface area contributed by atoms with E-state index in [4.69, 9.17) is 9.84 Å². The smallest absolute Gasteiger partial charge is 0.337 e. The summed E-state index contributed by atoms with van der Waals surface area (Å²) in [6, 6.07) is 4.66. The average molecular weight is 249 g/mol. The Bertz CT molecular complexity index is 484. The second-order valence-corrected chi connectivity index (χ2v) is 4.19. The molecule has 1 heterocycles. The molecule has 1 saturated heterocycles. The molecule has 5 nitrogen and oxygen atoms in total. The van der Waals surface area contributed by atoms with Gasteiger partial charge >= 0.3 is 5.97 Å². The Morgan fingerprint density at radius 2 is 2.17 bits per heavy atom. The first-order valence-electron chi connectivity index (χ1n) is 5.85. The van der Waals surface area contributed by atoms with E-state index in [2.05, 4.69) is 0 Å². The summed E-state index contributed by atoms with van der Waals surface area (Å²) < 4.78 is 5.08. The lowest BCUT2D eigenvalue weighted by molar-refractivity contribution is -0.119. The van der Waals surface area contributed by atoms with Crippen molar-refractivity contribution in [2.45, 2.75) is 19.3 Å². The Kier molecular flexibility index (Phi) is 3.50. The van der Waals surface area contributed by atoms with Crippen LogP contribution in [0.1, 0.15) is 29.6 Å². The molecule has 1 N–H and O–H groups in total. The summed E-state index contributed by atoms with van der Waals surface area (Å²) in [5.41, 5.74) is 0.553. The third-order valence-electron chi connectivity index (χ3n) is 3.05. The van der Waals surface area contributed by atoms with Crippen LogP contribution in [0.4, 0.5) is 5.69 Å². The minimum absolute atomic E-state index is 0.0306. The van der Waals surface area contributed by atoms with Crippen LogP contribution in [0.2, 0.25) is 0 Å². The Morgan fingerprint density at radius 1 is 1.39 bits per heavy atom. The monoisotopic (exact) mass is 249 g/mol. The van der Waals surface area contributed by atoms with Crippen LogP contribution in [0.15, 0.2) is 18.2 Å². The van der Waals surface area contributed by atoms with Crippen molar-refractivity contribution in [2.24, 2.45) is 0 Å². The van der Waals surface area contributed by atoms with E-state index >= 15 is 0 Å². The minimum atomic E-state index is -1.04. The highest BCUT2D eigenvalue weighted by molar-refractivity contribution is 6.02. The Hall–Kier alpha value is -2.04. The van der Waals surface area contributed by atoms with Crippen LogP contribution in [-0.2, 0) is 4.79 Å². The standard InChI is InChI=1S/C13H15NO4/c1-18-9-5-6-10(13(16)17)11(8-9)14-7-3-2-4-12(14)15/h5-6,8H,2-4,7H2,1H3,(H,16,17). The predicted molar refractivity (Wildman–Crippen MR) is 66.2 cm³/mol. The number of hydrogen-bond donors (Lipinski definition) is 1. The quantitative estimate of drug-likeness (QED) is 0.888. The largest absolute Gasteiger partial charge is 0.497 e. The Morgan fingerprint density at radius 3 is 2.78 bits per heavy atom. The summed E-state index contributed by atoms with van der Waals surface area (Å²) in [4.78, 5) is 24.6. The van der Waals surface area contributed by atoms with Crippen molar-refractivity contribution < 1.29 is 19.4 Å². The molecule has 1 amide bonds. The summed E-state index contributed by atoms with van der Waals surface area (Å²) in [5, 5.41) is 9.17. The fourth-order valence-corrected chi connectivity index (χ4v) is 2.10. The van der Waals surface area contributed by atoms with Crippen molar-refractivity contribution in [3.8, 4) is 5.75 Å². The molecule has 1 aliphatic heterocycles. The maximum absolute atomic E-state index is 11.9. The van der Waals surface area contributed by atoms with Gasteiger partial charge in [0.2, 0.25) is 5.91 Å². The zero-order valence-corrected chi connectivity index (χ0v) is 10.2. The normalized spacial score (nSPS) is 15.6. The fraction of sp³-hybridized carbons (Fsp3) is 0.385. The van der Waals surface area contributed by atoms with Gasteiger partial charge in [0.1, 0.15) is 5.75 Å². The van der Waals surface area contributed by atoms with Gasteiger partial charge in [-0.15, -0.1) is 0 Å². The summed E-state index contributed by atoms with van der Waals surface area (Å²) in [6.07, 6.45) is 2.22. The van der Waals surface area contributed by atoms with Gasteiger partial charge < -0.3 is 14.7 Å². The van der Waals surface area contributed by atoms with Gasteiger partial charge in [0.15, 0.2) is 0 Å². The lowest BCUT2D eigenvalue weighted by Gasteiger charge is -2.28. The number of carboxylic acids is 1. The van der Waals surface area contributed by atoms with Gasteiger partial charge in [-0.1, -0.05) is 0 Å². The number of benzene rings is 1. The van der Waals surface area contributed by atoms with E-state index in [1.807, 2.05) is 0 Å². The number of carboxylic acid groups (broad SMARTS) is 1. The van der Waals surface area contributed by atoms with E-state index in [0.29, 0.717) is 24.4 Å². The van der Waals surface area contributed by atoms with Crippen LogP contribution in [0, 0.1) is 0 Å². The molecule has 0 bridgehead atoms. The summed E-state index contributed by atoms with van der Waals surface area (Å²) in [7, 11) is 1.51. The van der Waals surface area contributed by atoms with Crippen LogP contribution < -0.4 is 9.64 Å². The lowest BCUT2D eigenvalue weighted by atomic mass is 10.1. The molecule has 1 aliphatic rings. The molecular formula is C13H15NO4. The second-order valence-electron chi connectivity index (χ2n) is 4.19. The van der Waals surface area contributed by atoms with Crippen LogP contribution >= 0.6 is 0 Å². The van der Waals surface area contributed by atoms with Gasteiger partial charge in [0.25, 0.3) is 0 Å². The van der Waals surface area contributed by atoms with Gasteiger partial charge in [-0.05, 0) is 25.0 Å². The molecule has 2 rings (SSSR count). The highest BCUT2D eigenvalue weighted by atomic mass is 16.5. The number of piperidine rings is 1. The first-order valence-corrected chi connectivity index (χ1v) is 5.85. The van der Waals surface area contributed by atoms with Crippen LogP contribution in [0.5, 0.6) is 5.75 Å².